The number of benzene rings is 3. The second-order valence-corrected chi connectivity index (χ2v) is 7.07. The largest absolute Gasteiger partial charge is 0.483 e. The van der Waals surface area contributed by atoms with Gasteiger partial charge < -0.3 is 15.4 Å². The van der Waals surface area contributed by atoms with Gasteiger partial charge >= 0.3 is 11.8 Å². The van der Waals surface area contributed by atoms with Crippen molar-refractivity contribution in [3.63, 3.8) is 0 Å². The third-order valence-corrected chi connectivity index (χ3v) is 4.45. The molecule has 0 aliphatic carbocycles. The summed E-state index contributed by atoms with van der Waals surface area (Å²) in [6.45, 7) is -0.369. The first-order valence-corrected chi connectivity index (χ1v) is 10.1. The Morgan fingerprint density at radius 3 is 2.35 bits per heavy atom. The van der Waals surface area contributed by atoms with Gasteiger partial charge in [-0.15, -0.1) is 0 Å². The molecule has 0 fully saturated rings. The molecule has 0 bridgehead atoms. The van der Waals surface area contributed by atoms with Crippen LogP contribution in [0.4, 0.5) is 20.2 Å². The predicted molar refractivity (Wildman–Crippen MR) is 123 cm³/mol. The van der Waals surface area contributed by atoms with E-state index in [1.807, 2.05) is 0 Å². The van der Waals surface area contributed by atoms with Gasteiger partial charge in [0.2, 0.25) is 0 Å². The molecule has 0 spiro atoms. The summed E-state index contributed by atoms with van der Waals surface area (Å²) in [5, 5.41) is 8.41. The zero-order chi connectivity index (χ0) is 24.5. The maximum Gasteiger partial charge on any atom is 0.329 e. The molecule has 0 atom stereocenters. The molecule has 0 radical (unpaired) electrons. The van der Waals surface area contributed by atoms with Crippen molar-refractivity contribution in [1.29, 1.82) is 0 Å². The fraction of sp³-hybridized carbons (Fsp3) is 0.0435. The average Bonchev–Trinajstić information content (AvgIpc) is 2.82. The van der Waals surface area contributed by atoms with E-state index in [9.17, 15) is 23.2 Å². The molecule has 0 saturated carbocycles. The van der Waals surface area contributed by atoms with Gasteiger partial charge in [-0.05, 0) is 54.6 Å². The first-order chi connectivity index (χ1) is 16.3. The molecule has 3 rings (SSSR count). The highest BCUT2D eigenvalue weighted by Crippen LogP contribution is 2.20. The highest BCUT2D eigenvalue weighted by molar-refractivity contribution is 6.39. The van der Waals surface area contributed by atoms with Gasteiger partial charge in [-0.3, -0.25) is 14.4 Å². The fourth-order valence-corrected chi connectivity index (χ4v) is 2.75. The van der Waals surface area contributed by atoms with Crippen molar-refractivity contribution in [3.8, 4) is 5.75 Å². The van der Waals surface area contributed by atoms with Crippen molar-refractivity contribution < 1.29 is 27.9 Å². The number of hydrazone groups is 1. The molecule has 0 aromatic heterocycles. The van der Waals surface area contributed by atoms with Crippen molar-refractivity contribution in [3.05, 3.63) is 89.0 Å². The molecule has 0 aliphatic rings. The van der Waals surface area contributed by atoms with E-state index in [0.29, 0.717) is 11.3 Å². The number of carbonyl (C=O) groups is 3. The number of carbonyl (C=O) groups excluding carboxylic acids is 3. The standard InChI is InChI=1S/C23H17ClF2N4O4/c24-18-11-17(9-10-19(18)26)28-21(31)13-34-20-4-2-1-3-14(20)12-27-30-23(33)22(32)29-16-7-5-15(25)6-8-16/h1-12H,13H2,(H,28,31)(H,29,32)(H,30,33)/b27-12-. The van der Waals surface area contributed by atoms with Crippen LogP contribution in [0.3, 0.4) is 0 Å². The summed E-state index contributed by atoms with van der Waals surface area (Å²) in [4.78, 5) is 35.9. The Kier molecular flexibility index (Phi) is 8.25. The lowest BCUT2D eigenvalue weighted by molar-refractivity contribution is -0.136. The normalized spacial score (nSPS) is 10.6. The van der Waals surface area contributed by atoms with Crippen molar-refractivity contribution in [2.75, 3.05) is 17.2 Å². The Balaban J connectivity index is 1.53. The minimum Gasteiger partial charge on any atom is -0.483 e. The third-order valence-electron chi connectivity index (χ3n) is 4.16. The van der Waals surface area contributed by atoms with Crippen LogP contribution in [0, 0.1) is 11.6 Å². The number of hydrogen-bond donors (Lipinski definition) is 3. The molecule has 3 aromatic rings. The van der Waals surface area contributed by atoms with Gasteiger partial charge in [-0.2, -0.15) is 5.10 Å². The number of anilines is 2. The van der Waals surface area contributed by atoms with E-state index in [2.05, 4.69) is 21.2 Å². The van der Waals surface area contributed by atoms with Gasteiger partial charge in [0.05, 0.1) is 11.2 Å². The van der Waals surface area contributed by atoms with Crippen LogP contribution in [-0.4, -0.2) is 30.5 Å². The molecule has 0 heterocycles. The van der Waals surface area contributed by atoms with E-state index in [4.69, 9.17) is 16.3 Å². The number of halogens is 3. The fourth-order valence-electron chi connectivity index (χ4n) is 2.57. The highest BCUT2D eigenvalue weighted by atomic mass is 35.5. The Bertz CT molecular complexity index is 1240. The van der Waals surface area contributed by atoms with Crippen LogP contribution in [0.2, 0.25) is 5.02 Å². The molecule has 34 heavy (non-hydrogen) atoms. The summed E-state index contributed by atoms with van der Waals surface area (Å²) in [5.41, 5.74) is 3.02. The molecule has 3 amide bonds. The number of hydrogen-bond acceptors (Lipinski definition) is 5. The second-order valence-electron chi connectivity index (χ2n) is 6.66. The monoisotopic (exact) mass is 486 g/mol. The van der Waals surface area contributed by atoms with E-state index < -0.39 is 29.4 Å². The maximum absolute atomic E-state index is 13.2. The molecule has 3 N–H and O–H groups in total. The van der Waals surface area contributed by atoms with Gasteiger partial charge in [-0.1, -0.05) is 23.7 Å². The molecule has 0 saturated heterocycles. The number of ether oxygens (including phenoxy) is 1. The molecule has 0 aliphatic heterocycles. The topological polar surface area (TPSA) is 109 Å². The third kappa shape index (κ3) is 7.10. The van der Waals surface area contributed by atoms with Crippen molar-refractivity contribution >= 4 is 46.9 Å². The molecule has 11 heteroatoms. The zero-order valence-electron chi connectivity index (χ0n) is 17.3. The average molecular weight is 487 g/mol. The van der Waals surface area contributed by atoms with Crippen LogP contribution in [0.25, 0.3) is 0 Å². The van der Waals surface area contributed by atoms with Crippen LogP contribution >= 0.6 is 11.6 Å². The lowest BCUT2D eigenvalue weighted by atomic mass is 10.2. The van der Waals surface area contributed by atoms with Gasteiger partial charge in [-0.25, -0.2) is 14.2 Å². The number of nitrogens with zero attached hydrogens (tertiary/aromatic N) is 1. The molecule has 8 nitrogen and oxygen atoms in total. The van der Waals surface area contributed by atoms with Gasteiger partial charge in [0.25, 0.3) is 5.91 Å². The second kappa shape index (κ2) is 11.5. The van der Waals surface area contributed by atoms with Gasteiger partial charge in [0.15, 0.2) is 6.61 Å². The summed E-state index contributed by atoms with van der Waals surface area (Å²) in [6, 6.07) is 15.2. The zero-order valence-corrected chi connectivity index (χ0v) is 18.1. The number of para-hydroxylation sites is 1. The number of nitrogens with one attached hydrogen (secondary N) is 3. The SMILES string of the molecule is O=C(COc1ccccc1/C=N\NC(=O)C(=O)Nc1ccc(F)cc1)Nc1ccc(F)c(Cl)c1. The van der Waals surface area contributed by atoms with Crippen LogP contribution in [0.5, 0.6) is 5.75 Å². The van der Waals surface area contributed by atoms with Crippen molar-refractivity contribution in [1.82, 2.24) is 5.43 Å². The minimum absolute atomic E-state index is 0.131. The quantitative estimate of drug-likeness (QED) is 0.268. The van der Waals surface area contributed by atoms with E-state index in [1.165, 1.54) is 30.5 Å². The van der Waals surface area contributed by atoms with Crippen LogP contribution in [0.1, 0.15) is 5.56 Å². The summed E-state index contributed by atoms with van der Waals surface area (Å²) < 4.78 is 31.6. The molecule has 174 valence electrons. The van der Waals surface area contributed by atoms with Gasteiger partial charge in [0, 0.05) is 16.9 Å². The Morgan fingerprint density at radius 1 is 0.912 bits per heavy atom. The minimum atomic E-state index is -1.05. The Hall–Kier alpha value is -4.31. The Morgan fingerprint density at radius 2 is 1.62 bits per heavy atom. The first kappa shape index (κ1) is 24.3. The van der Waals surface area contributed by atoms with E-state index >= 15 is 0 Å². The molecule has 3 aromatic carbocycles. The summed E-state index contributed by atoms with van der Waals surface area (Å²) in [7, 11) is 0. The van der Waals surface area contributed by atoms with E-state index in [0.717, 1.165) is 18.2 Å². The van der Waals surface area contributed by atoms with Crippen molar-refractivity contribution in [2.45, 2.75) is 0 Å². The number of amides is 3. The molecular formula is C23H17ClF2N4O4. The van der Waals surface area contributed by atoms with Crippen LogP contribution in [0.15, 0.2) is 71.8 Å². The highest BCUT2D eigenvalue weighted by Gasteiger charge is 2.13. The Labute approximate surface area is 197 Å². The van der Waals surface area contributed by atoms with Gasteiger partial charge in [0.1, 0.15) is 17.4 Å². The predicted octanol–water partition coefficient (Wildman–Crippen LogP) is 3.72. The molecular weight excluding hydrogens is 470 g/mol. The summed E-state index contributed by atoms with van der Waals surface area (Å²) in [5.74, 6) is -3.36. The lowest BCUT2D eigenvalue weighted by Crippen LogP contribution is -2.32. The molecule has 0 unspecified atom stereocenters. The van der Waals surface area contributed by atoms with Crippen LogP contribution < -0.4 is 20.8 Å². The van der Waals surface area contributed by atoms with E-state index in [1.54, 1.807) is 24.3 Å². The first-order valence-electron chi connectivity index (χ1n) is 9.68. The van der Waals surface area contributed by atoms with E-state index in [-0.39, 0.29) is 23.1 Å². The smallest absolute Gasteiger partial charge is 0.329 e. The number of rotatable bonds is 7. The van der Waals surface area contributed by atoms with Crippen LogP contribution in [-0.2, 0) is 14.4 Å². The summed E-state index contributed by atoms with van der Waals surface area (Å²) in [6.07, 6.45) is 1.23. The summed E-state index contributed by atoms with van der Waals surface area (Å²) >= 11 is 5.69. The maximum atomic E-state index is 13.2. The van der Waals surface area contributed by atoms with Crippen molar-refractivity contribution in [2.24, 2.45) is 5.10 Å². The lowest BCUT2D eigenvalue weighted by Gasteiger charge is -2.10.